The van der Waals surface area contributed by atoms with Gasteiger partial charge >= 0.3 is 0 Å². The Morgan fingerprint density at radius 3 is 2.75 bits per heavy atom. The molecule has 0 fully saturated rings. The fourth-order valence-corrected chi connectivity index (χ4v) is 4.53. The topological polar surface area (TPSA) is 8.17 Å². The van der Waals surface area contributed by atoms with Gasteiger partial charge in [0.15, 0.2) is 0 Å². The molecule has 3 aromatic rings. The predicted octanol–water partition coefficient (Wildman–Crippen LogP) is 5.33. The van der Waals surface area contributed by atoms with Gasteiger partial charge in [0.1, 0.15) is 0 Å². The zero-order valence-electron chi connectivity index (χ0n) is 14.9. The lowest BCUT2D eigenvalue weighted by molar-refractivity contribution is 0.312. The zero-order valence-corrected chi connectivity index (χ0v) is 15.7. The van der Waals surface area contributed by atoms with E-state index in [1.165, 1.54) is 43.1 Å². The Labute approximate surface area is 148 Å². The Morgan fingerprint density at radius 1 is 1.17 bits per heavy atom. The molecule has 2 nitrogen and oxygen atoms in total. The van der Waals surface area contributed by atoms with Crippen molar-refractivity contribution in [3.05, 3.63) is 56.9 Å². The third-order valence-corrected chi connectivity index (χ3v) is 6.12. The number of hydrogen-bond donors (Lipinski definition) is 0. The van der Waals surface area contributed by atoms with Crippen LogP contribution in [0.25, 0.3) is 22.7 Å². The van der Waals surface area contributed by atoms with E-state index >= 15 is 0 Å². The second-order valence-electron chi connectivity index (χ2n) is 7.03. The number of aromatic nitrogens is 1. The first-order valence-electron chi connectivity index (χ1n) is 8.59. The summed E-state index contributed by atoms with van der Waals surface area (Å²) in [4.78, 5) is 5.16. The monoisotopic (exact) mass is 336 g/mol. The highest BCUT2D eigenvalue weighted by molar-refractivity contribution is 7.13. The summed E-state index contributed by atoms with van der Waals surface area (Å²) in [7, 11) is 2.22. The van der Waals surface area contributed by atoms with Crippen LogP contribution in [0.2, 0.25) is 0 Å². The molecule has 0 bridgehead atoms. The van der Waals surface area contributed by atoms with Crippen molar-refractivity contribution in [2.45, 2.75) is 33.7 Å². The molecule has 2 aromatic heterocycles. The van der Waals surface area contributed by atoms with E-state index in [-0.39, 0.29) is 0 Å². The zero-order chi connectivity index (χ0) is 16.8. The first kappa shape index (κ1) is 15.7. The summed E-state index contributed by atoms with van der Waals surface area (Å²) in [5.74, 6) is 0. The maximum Gasteiger partial charge on any atom is 0.0529 e. The largest absolute Gasteiger partial charge is 0.320 e. The van der Waals surface area contributed by atoms with Gasteiger partial charge < -0.3 is 9.47 Å². The van der Waals surface area contributed by atoms with Gasteiger partial charge in [-0.2, -0.15) is 0 Å². The number of hydrogen-bond acceptors (Lipinski definition) is 2. The normalized spacial score (nSPS) is 15.9. The molecule has 124 valence electrons. The second-order valence-corrected chi connectivity index (χ2v) is 8.31. The van der Waals surface area contributed by atoms with Crippen LogP contribution in [0.3, 0.4) is 0 Å². The minimum atomic E-state index is 1.05. The summed E-state index contributed by atoms with van der Waals surface area (Å²) < 4.78 is 2.45. The fraction of sp³-hybridized carbons (Fsp3) is 0.333. The number of allylic oxidation sites excluding steroid dienone is 1. The van der Waals surface area contributed by atoms with E-state index in [1.54, 1.807) is 0 Å². The van der Waals surface area contributed by atoms with E-state index in [4.69, 9.17) is 0 Å². The van der Waals surface area contributed by atoms with Gasteiger partial charge in [0.25, 0.3) is 0 Å². The average Bonchev–Trinajstić information content (AvgIpc) is 3.10. The highest BCUT2D eigenvalue weighted by atomic mass is 32.1. The number of fused-ring (bicyclic) bond motifs is 3. The van der Waals surface area contributed by atoms with Crippen LogP contribution in [0.1, 0.15) is 33.5 Å². The van der Waals surface area contributed by atoms with Crippen molar-refractivity contribution in [2.24, 2.45) is 0 Å². The Kier molecular flexibility index (Phi) is 3.86. The molecule has 0 saturated heterocycles. The fourth-order valence-electron chi connectivity index (χ4n) is 3.69. The molecule has 3 heterocycles. The number of rotatable bonds is 2. The highest BCUT2D eigenvalue weighted by Crippen LogP contribution is 2.33. The first-order chi connectivity index (χ1) is 11.5. The maximum absolute atomic E-state index is 2.45. The Balaban J connectivity index is 1.92. The molecule has 24 heavy (non-hydrogen) atoms. The highest BCUT2D eigenvalue weighted by Gasteiger charge is 2.21. The van der Waals surface area contributed by atoms with Crippen LogP contribution in [0.15, 0.2) is 30.3 Å². The van der Waals surface area contributed by atoms with Crippen LogP contribution < -0.4 is 0 Å². The number of aryl methyl sites for hydroxylation is 2. The van der Waals surface area contributed by atoms with Crippen molar-refractivity contribution in [3.63, 3.8) is 0 Å². The van der Waals surface area contributed by atoms with Gasteiger partial charge in [-0.15, -0.1) is 11.3 Å². The van der Waals surface area contributed by atoms with Gasteiger partial charge in [-0.25, -0.2) is 0 Å². The van der Waals surface area contributed by atoms with Crippen molar-refractivity contribution >= 4 is 34.0 Å². The van der Waals surface area contributed by atoms with E-state index in [0.717, 1.165) is 19.5 Å². The minimum absolute atomic E-state index is 1.05. The molecule has 0 atom stereocenters. The summed E-state index contributed by atoms with van der Waals surface area (Å²) in [6, 6.07) is 11.3. The Bertz CT molecular complexity index is 942. The van der Waals surface area contributed by atoms with Gasteiger partial charge in [-0.1, -0.05) is 11.6 Å². The van der Waals surface area contributed by atoms with Crippen LogP contribution in [0, 0.1) is 13.8 Å². The average molecular weight is 337 g/mol. The third kappa shape index (κ3) is 2.62. The van der Waals surface area contributed by atoms with Gasteiger partial charge in [0, 0.05) is 46.5 Å². The van der Waals surface area contributed by atoms with Crippen LogP contribution in [-0.4, -0.2) is 23.1 Å². The lowest BCUT2D eigenvalue weighted by Gasteiger charge is -2.23. The molecule has 0 amide bonds. The van der Waals surface area contributed by atoms with Gasteiger partial charge in [0.2, 0.25) is 0 Å². The van der Waals surface area contributed by atoms with Crippen molar-refractivity contribution in [1.82, 2.24) is 9.47 Å². The van der Waals surface area contributed by atoms with E-state index in [9.17, 15) is 0 Å². The number of thiophene rings is 1. The molecular formula is C21H24N2S. The quantitative estimate of drug-likeness (QED) is 0.614. The molecular weight excluding hydrogens is 312 g/mol. The second kappa shape index (κ2) is 5.91. The molecule has 3 heteroatoms. The van der Waals surface area contributed by atoms with Crippen LogP contribution >= 0.6 is 11.3 Å². The molecule has 0 aliphatic carbocycles. The molecule has 0 unspecified atom stereocenters. The molecule has 4 rings (SSSR count). The first-order valence-corrected chi connectivity index (χ1v) is 9.40. The van der Waals surface area contributed by atoms with Crippen molar-refractivity contribution < 1.29 is 0 Å². The summed E-state index contributed by atoms with van der Waals surface area (Å²) in [6.07, 6.45) is 3.46. The molecule has 0 radical (unpaired) electrons. The third-order valence-electron chi connectivity index (χ3n) is 4.99. The lowest BCUT2D eigenvalue weighted by Crippen LogP contribution is -2.26. The van der Waals surface area contributed by atoms with E-state index in [0.29, 0.717) is 0 Å². The standard InChI is InChI=1S/C21H24N2S/c1-14-5-7-19-17(11-14)18-13-22(4)10-9-20(18)23(19)12-15(2)21-8-6-16(3)24-21/h5-8,11-12H,9-10,13H2,1-4H3. The molecule has 0 saturated carbocycles. The Hall–Kier alpha value is -1.84. The lowest BCUT2D eigenvalue weighted by atomic mass is 10.0. The summed E-state index contributed by atoms with van der Waals surface area (Å²) in [6.45, 7) is 8.77. The van der Waals surface area contributed by atoms with Crippen molar-refractivity contribution in [1.29, 1.82) is 0 Å². The van der Waals surface area contributed by atoms with Crippen molar-refractivity contribution in [2.75, 3.05) is 13.6 Å². The number of benzene rings is 1. The van der Waals surface area contributed by atoms with Crippen LogP contribution in [0.5, 0.6) is 0 Å². The summed E-state index contributed by atoms with van der Waals surface area (Å²) in [5.41, 5.74) is 7.02. The van der Waals surface area contributed by atoms with E-state index < -0.39 is 0 Å². The van der Waals surface area contributed by atoms with Gasteiger partial charge in [-0.05, 0) is 63.2 Å². The smallest absolute Gasteiger partial charge is 0.0529 e. The Morgan fingerprint density at radius 2 is 2.00 bits per heavy atom. The molecule has 1 aliphatic rings. The molecule has 0 spiro atoms. The molecule has 1 aliphatic heterocycles. The maximum atomic E-state index is 2.45. The van der Waals surface area contributed by atoms with Crippen LogP contribution in [0.4, 0.5) is 0 Å². The summed E-state index contributed by atoms with van der Waals surface area (Å²) in [5, 5.41) is 1.42. The van der Waals surface area contributed by atoms with Gasteiger partial charge in [0.05, 0.1) is 5.52 Å². The summed E-state index contributed by atoms with van der Waals surface area (Å²) >= 11 is 1.87. The number of nitrogens with zero attached hydrogens (tertiary/aromatic N) is 2. The minimum Gasteiger partial charge on any atom is -0.320 e. The van der Waals surface area contributed by atoms with E-state index in [2.05, 4.69) is 73.8 Å². The molecule has 1 aromatic carbocycles. The van der Waals surface area contributed by atoms with Crippen molar-refractivity contribution in [3.8, 4) is 0 Å². The number of likely N-dealkylation sites (N-methyl/N-ethyl adjacent to an activating group) is 1. The predicted molar refractivity (Wildman–Crippen MR) is 106 cm³/mol. The SMILES string of the molecule is CC(=Cn1c2c(c3cc(C)ccc31)CN(C)CC2)c1ccc(C)s1. The molecule has 0 N–H and O–H groups in total. The van der Waals surface area contributed by atoms with Crippen LogP contribution in [-0.2, 0) is 13.0 Å². The van der Waals surface area contributed by atoms with E-state index in [1.807, 2.05) is 11.3 Å². The van der Waals surface area contributed by atoms with Gasteiger partial charge in [-0.3, -0.25) is 0 Å².